The highest BCUT2D eigenvalue weighted by Gasteiger charge is 2.34. The Bertz CT molecular complexity index is 745. The summed E-state index contributed by atoms with van der Waals surface area (Å²) < 4.78 is 6.01. The van der Waals surface area contributed by atoms with Gasteiger partial charge in [-0.05, 0) is 50.8 Å². The van der Waals surface area contributed by atoms with Gasteiger partial charge in [0.2, 0.25) is 5.13 Å². The van der Waals surface area contributed by atoms with Crippen LogP contribution in [-0.4, -0.2) is 59.5 Å². The number of hydrogen-bond acceptors (Lipinski definition) is 6. The van der Waals surface area contributed by atoms with Crippen molar-refractivity contribution in [3.8, 4) is 0 Å². The average Bonchev–Trinajstić information content (AvgIpc) is 3.11. The van der Waals surface area contributed by atoms with Gasteiger partial charge >= 0.3 is 0 Å². The van der Waals surface area contributed by atoms with Crippen LogP contribution >= 0.6 is 22.9 Å². The van der Waals surface area contributed by atoms with Crippen LogP contribution in [0.2, 0.25) is 5.02 Å². The van der Waals surface area contributed by atoms with E-state index in [1.165, 1.54) is 18.4 Å². The predicted octanol–water partition coefficient (Wildman–Crippen LogP) is 3.80. The summed E-state index contributed by atoms with van der Waals surface area (Å²) in [5.74, 6) is 0. The third-order valence-electron chi connectivity index (χ3n) is 5.61. The lowest BCUT2D eigenvalue weighted by molar-refractivity contribution is -0.0745. The van der Waals surface area contributed by atoms with Gasteiger partial charge in [0, 0.05) is 36.7 Å². The lowest BCUT2D eigenvalue weighted by atomic mass is 9.96. The Morgan fingerprint density at radius 1 is 1.19 bits per heavy atom. The molecule has 0 bridgehead atoms. The van der Waals surface area contributed by atoms with E-state index in [-0.39, 0.29) is 0 Å². The lowest BCUT2D eigenvalue weighted by Crippen LogP contribution is -2.56. The van der Waals surface area contributed by atoms with Crippen molar-refractivity contribution in [3.05, 3.63) is 39.9 Å². The lowest BCUT2D eigenvalue weighted by Gasteiger charge is -2.46. The summed E-state index contributed by atoms with van der Waals surface area (Å²) in [6.07, 6.45) is 3.65. The Hall–Kier alpha value is -1.21. The maximum atomic E-state index is 6.04. The van der Waals surface area contributed by atoms with Crippen LogP contribution in [0.5, 0.6) is 0 Å². The van der Waals surface area contributed by atoms with Gasteiger partial charge in [-0.25, -0.2) is 0 Å². The number of aromatic nitrogens is 2. The molecule has 4 rings (SSSR count). The van der Waals surface area contributed by atoms with Crippen molar-refractivity contribution < 1.29 is 4.74 Å². The summed E-state index contributed by atoms with van der Waals surface area (Å²) in [7, 11) is 0. The standard InChI is InChI=1S/C20H27ClN4OS/c1-14-12-25(19(13-26-14)11-16-3-5-17(21)6-4-16)18-7-9-24(10-8-18)20-23-22-15(2)27-20/h3-6,14,18-19H,7-13H2,1-2H3/t14-,19-/m0/s1. The summed E-state index contributed by atoms with van der Waals surface area (Å²) in [5, 5.41) is 11.4. The maximum Gasteiger partial charge on any atom is 0.208 e. The largest absolute Gasteiger partial charge is 0.376 e. The molecule has 7 heteroatoms. The normalized spacial score (nSPS) is 25.1. The Morgan fingerprint density at radius 3 is 2.59 bits per heavy atom. The molecule has 0 aliphatic carbocycles. The molecule has 0 saturated carbocycles. The summed E-state index contributed by atoms with van der Waals surface area (Å²) >= 11 is 7.74. The monoisotopic (exact) mass is 406 g/mol. The molecule has 2 aliphatic rings. The highest BCUT2D eigenvalue weighted by molar-refractivity contribution is 7.15. The minimum absolute atomic E-state index is 0.301. The number of morpholine rings is 1. The Labute approximate surface area is 170 Å². The fourth-order valence-corrected chi connectivity index (χ4v) is 5.05. The zero-order valence-electron chi connectivity index (χ0n) is 16.0. The number of aryl methyl sites for hydroxylation is 1. The van der Waals surface area contributed by atoms with Gasteiger partial charge < -0.3 is 9.64 Å². The molecule has 0 spiro atoms. The van der Waals surface area contributed by atoms with Crippen LogP contribution in [0, 0.1) is 6.92 Å². The Kier molecular flexibility index (Phi) is 5.97. The van der Waals surface area contributed by atoms with Crippen LogP contribution in [0.25, 0.3) is 0 Å². The number of piperidine rings is 1. The highest BCUT2D eigenvalue weighted by atomic mass is 35.5. The number of rotatable bonds is 4. The summed E-state index contributed by atoms with van der Waals surface area (Å²) in [5.41, 5.74) is 1.33. The number of hydrogen-bond donors (Lipinski definition) is 0. The second kappa shape index (κ2) is 8.43. The molecule has 0 unspecified atom stereocenters. The molecule has 2 fully saturated rings. The molecule has 0 N–H and O–H groups in total. The van der Waals surface area contributed by atoms with Crippen molar-refractivity contribution in [1.29, 1.82) is 0 Å². The molecule has 0 radical (unpaired) electrons. The number of halogens is 1. The highest BCUT2D eigenvalue weighted by Crippen LogP contribution is 2.28. The van der Waals surface area contributed by atoms with Crippen molar-refractivity contribution in [3.63, 3.8) is 0 Å². The third kappa shape index (κ3) is 4.62. The van der Waals surface area contributed by atoms with E-state index in [2.05, 4.69) is 39.1 Å². The van der Waals surface area contributed by atoms with Gasteiger partial charge in [-0.15, -0.1) is 10.2 Å². The summed E-state index contributed by atoms with van der Waals surface area (Å²) in [4.78, 5) is 5.09. The Balaban J connectivity index is 1.41. The van der Waals surface area contributed by atoms with Crippen LogP contribution in [0.3, 0.4) is 0 Å². The first-order chi connectivity index (χ1) is 13.1. The second-order valence-electron chi connectivity index (χ2n) is 7.65. The van der Waals surface area contributed by atoms with E-state index in [1.807, 2.05) is 19.1 Å². The zero-order chi connectivity index (χ0) is 18.8. The van der Waals surface area contributed by atoms with Gasteiger partial charge in [-0.2, -0.15) is 0 Å². The molecular weight excluding hydrogens is 380 g/mol. The van der Waals surface area contributed by atoms with Gasteiger partial charge in [-0.1, -0.05) is 35.1 Å². The molecule has 1 aromatic carbocycles. The predicted molar refractivity (Wildman–Crippen MR) is 111 cm³/mol. The third-order valence-corrected chi connectivity index (χ3v) is 6.77. The van der Waals surface area contributed by atoms with Crippen LogP contribution in [0.1, 0.15) is 30.3 Å². The van der Waals surface area contributed by atoms with E-state index in [4.69, 9.17) is 16.3 Å². The number of anilines is 1. The van der Waals surface area contributed by atoms with E-state index < -0.39 is 0 Å². The average molecular weight is 407 g/mol. The van der Waals surface area contributed by atoms with Crippen LogP contribution in [0.4, 0.5) is 5.13 Å². The van der Waals surface area contributed by atoms with Gasteiger partial charge in [0.15, 0.2) is 0 Å². The van der Waals surface area contributed by atoms with Crippen molar-refractivity contribution >= 4 is 28.1 Å². The van der Waals surface area contributed by atoms with Crippen molar-refractivity contribution in [2.45, 2.75) is 51.3 Å². The topological polar surface area (TPSA) is 41.5 Å². The molecule has 1 aromatic heterocycles. The molecule has 2 aliphatic heterocycles. The molecule has 0 amide bonds. The van der Waals surface area contributed by atoms with Crippen molar-refractivity contribution in [1.82, 2.24) is 15.1 Å². The zero-order valence-corrected chi connectivity index (χ0v) is 17.5. The molecule has 3 heterocycles. The smallest absolute Gasteiger partial charge is 0.208 e. The van der Waals surface area contributed by atoms with Gasteiger partial charge in [0.05, 0.1) is 12.7 Å². The molecular formula is C20H27ClN4OS. The summed E-state index contributed by atoms with van der Waals surface area (Å²) in [6.45, 7) is 8.13. The first-order valence-corrected chi connectivity index (χ1v) is 10.9. The van der Waals surface area contributed by atoms with Crippen molar-refractivity contribution in [2.24, 2.45) is 0 Å². The first kappa shape index (κ1) is 19.1. The van der Waals surface area contributed by atoms with E-state index >= 15 is 0 Å². The molecule has 2 aromatic rings. The van der Waals surface area contributed by atoms with Gasteiger partial charge in [0.25, 0.3) is 0 Å². The van der Waals surface area contributed by atoms with E-state index in [1.54, 1.807) is 11.3 Å². The number of nitrogens with zero attached hydrogens (tertiary/aromatic N) is 4. The van der Waals surface area contributed by atoms with E-state index in [9.17, 15) is 0 Å². The van der Waals surface area contributed by atoms with Gasteiger partial charge in [0.1, 0.15) is 5.01 Å². The molecule has 2 saturated heterocycles. The Morgan fingerprint density at radius 2 is 1.93 bits per heavy atom. The minimum Gasteiger partial charge on any atom is -0.376 e. The summed E-state index contributed by atoms with van der Waals surface area (Å²) in [6, 6.07) is 9.28. The van der Waals surface area contributed by atoms with Crippen LogP contribution in [0.15, 0.2) is 24.3 Å². The first-order valence-electron chi connectivity index (χ1n) is 9.75. The SMILES string of the molecule is Cc1nnc(N2CCC(N3C[C@H](C)OC[C@@H]3Cc3ccc(Cl)cc3)CC2)s1. The second-order valence-corrected chi connectivity index (χ2v) is 9.24. The molecule has 27 heavy (non-hydrogen) atoms. The quantitative estimate of drug-likeness (QED) is 0.772. The molecule has 146 valence electrons. The fourth-order valence-electron chi connectivity index (χ4n) is 4.19. The van der Waals surface area contributed by atoms with E-state index in [0.29, 0.717) is 18.2 Å². The number of benzene rings is 1. The van der Waals surface area contributed by atoms with Crippen LogP contribution in [-0.2, 0) is 11.2 Å². The van der Waals surface area contributed by atoms with E-state index in [0.717, 1.165) is 47.8 Å². The number of ether oxygens (including phenoxy) is 1. The van der Waals surface area contributed by atoms with Gasteiger partial charge in [-0.3, -0.25) is 4.90 Å². The fraction of sp³-hybridized carbons (Fsp3) is 0.600. The van der Waals surface area contributed by atoms with Crippen LogP contribution < -0.4 is 4.90 Å². The van der Waals surface area contributed by atoms with Crippen molar-refractivity contribution in [2.75, 3.05) is 31.1 Å². The minimum atomic E-state index is 0.301. The molecule has 5 nitrogen and oxygen atoms in total. The molecule has 2 atom stereocenters. The maximum absolute atomic E-state index is 6.04.